The van der Waals surface area contributed by atoms with Gasteiger partial charge in [0.15, 0.2) is 0 Å². The summed E-state index contributed by atoms with van der Waals surface area (Å²) in [5, 5.41) is 3.02. The molecule has 2 aromatic heterocycles. The number of nitrogens with one attached hydrogen (secondary N) is 1. The number of aryl methyl sites for hydroxylation is 1. The number of hydrogen-bond donors (Lipinski definition) is 1. The van der Waals surface area contributed by atoms with Gasteiger partial charge in [-0.3, -0.25) is 9.20 Å². The van der Waals surface area contributed by atoms with Crippen LogP contribution in [0.15, 0.2) is 42.7 Å². The van der Waals surface area contributed by atoms with E-state index in [0.29, 0.717) is 5.78 Å². The molecule has 116 valence electrons. The van der Waals surface area contributed by atoms with Crippen molar-refractivity contribution in [3.63, 3.8) is 0 Å². The highest BCUT2D eigenvalue weighted by molar-refractivity contribution is 5.93. The third-order valence-corrected chi connectivity index (χ3v) is 4.52. The molecule has 0 atom stereocenters. The Hall–Kier alpha value is -2.69. The fourth-order valence-electron chi connectivity index (χ4n) is 2.94. The number of benzene rings is 1. The highest BCUT2D eigenvalue weighted by atomic mass is 16.1. The number of carbonyl (C=O) groups excluding carboxylic acids is 1. The Labute approximate surface area is 134 Å². The normalized spacial score (nSPS) is 14.7. The lowest BCUT2D eigenvalue weighted by molar-refractivity contribution is -0.122. The SMILES string of the molecule is Cc1c(-c2cccc(NC(=O)C3CCC3)c2)nc2ncccn12. The summed E-state index contributed by atoms with van der Waals surface area (Å²) >= 11 is 0. The van der Waals surface area contributed by atoms with E-state index >= 15 is 0 Å². The van der Waals surface area contributed by atoms with Crippen LogP contribution in [0.25, 0.3) is 17.0 Å². The molecule has 1 fully saturated rings. The molecule has 5 nitrogen and oxygen atoms in total. The average molecular weight is 306 g/mol. The first kappa shape index (κ1) is 13.9. The van der Waals surface area contributed by atoms with Gasteiger partial charge >= 0.3 is 0 Å². The van der Waals surface area contributed by atoms with Crippen molar-refractivity contribution in [3.8, 4) is 11.3 Å². The minimum absolute atomic E-state index is 0.127. The van der Waals surface area contributed by atoms with Crippen LogP contribution < -0.4 is 5.32 Å². The predicted octanol–water partition coefficient (Wildman–Crippen LogP) is 3.44. The summed E-state index contributed by atoms with van der Waals surface area (Å²) in [6, 6.07) is 9.74. The zero-order valence-corrected chi connectivity index (χ0v) is 13.0. The number of amides is 1. The first-order valence-corrected chi connectivity index (χ1v) is 7.93. The zero-order valence-electron chi connectivity index (χ0n) is 13.0. The van der Waals surface area contributed by atoms with Crippen LogP contribution in [0.1, 0.15) is 25.0 Å². The first-order chi connectivity index (χ1) is 11.2. The Balaban J connectivity index is 1.67. The third-order valence-electron chi connectivity index (χ3n) is 4.52. The smallest absolute Gasteiger partial charge is 0.234 e. The standard InChI is InChI=1S/C18H18N4O/c1-12-16(21-18-19-9-4-10-22(12)18)14-7-3-8-15(11-14)20-17(23)13-5-2-6-13/h3-4,7-11,13H,2,5-6H2,1H3,(H,20,23). The molecule has 1 aliphatic carbocycles. The Morgan fingerprint density at radius 1 is 1.30 bits per heavy atom. The quantitative estimate of drug-likeness (QED) is 0.806. The number of rotatable bonds is 3. The van der Waals surface area contributed by atoms with Crippen LogP contribution >= 0.6 is 0 Å². The van der Waals surface area contributed by atoms with E-state index in [-0.39, 0.29) is 11.8 Å². The molecule has 1 amide bonds. The minimum Gasteiger partial charge on any atom is -0.326 e. The fourth-order valence-corrected chi connectivity index (χ4v) is 2.94. The van der Waals surface area contributed by atoms with Crippen molar-refractivity contribution in [1.29, 1.82) is 0 Å². The maximum atomic E-state index is 12.1. The molecule has 0 aliphatic heterocycles. The molecule has 0 saturated heterocycles. The molecule has 0 bridgehead atoms. The second-order valence-corrected chi connectivity index (χ2v) is 6.03. The Morgan fingerprint density at radius 2 is 2.17 bits per heavy atom. The van der Waals surface area contributed by atoms with Gasteiger partial charge in [0.2, 0.25) is 11.7 Å². The van der Waals surface area contributed by atoms with Gasteiger partial charge < -0.3 is 5.32 Å². The number of hydrogen-bond acceptors (Lipinski definition) is 3. The lowest BCUT2D eigenvalue weighted by Gasteiger charge is -2.24. The lowest BCUT2D eigenvalue weighted by atomic mass is 9.85. The highest BCUT2D eigenvalue weighted by Gasteiger charge is 2.25. The van der Waals surface area contributed by atoms with E-state index in [9.17, 15) is 4.79 Å². The predicted molar refractivity (Wildman–Crippen MR) is 89.1 cm³/mol. The maximum Gasteiger partial charge on any atom is 0.234 e. The fraction of sp³-hybridized carbons (Fsp3) is 0.278. The number of aromatic nitrogens is 3. The Morgan fingerprint density at radius 3 is 2.91 bits per heavy atom. The maximum absolute atomic E-state index is 12.1. The molecular weight excluding hydrogens is 288 g/mol. The number of anilines is 1. The van der Waals surface area contributed by atoms with Crippen molar-refractivity contribution >= 4 is 17.4 Å². The van der Waals surface area contributed by atoms with Crippen molar-refractivity contribution < 1.29 is 4.79 Å². The first-order valence-electron chi connectivity index (χ1n) is 7.93. The van der Waals surface area contributed by atoms with Crippen LogP contribution in [0.4, 0.5) is 5.69 Å². The largest absolute Gasteiger partial charge is 0.326 e. The summed E-state index contributed by atoms with van der Waals surface area (Å²) < 4.78 is 1.97. The second kappa shape index (κ2) is 5.50. The van der Waals surface area contributed by atoms with Gasteiger partial charge in [-0.25, -0.2) is 9.97 Å². The average Bonchev–Trinajstić information content (AvgIpc) is 2.83. The topological polar surface area (TPSA) is 59.3 Å². The van der Waals surface area contributed by atoms with E-state index in [1.165, 1.54) is 0 Å². The molecular formula is C18H18N4O. The van der Waals surface area contributed by atoms with E-state index < -0.39 is 0 Å². The highest BCUT2D eigenvalue weighted by Crippen LogP contribution is 2.29. The van der Waals surface area contributed by atoms with Gasteiger partial charge in [-0.2, -0.15) is 0 Å². The van der Waals surface area contributed by atoms with E-state index in [1.807, 2.05) is 47.9 Å². The summed E-state index contributed by atoms with van der Waals surface area (Å²) in [6.07, 6.45) is 6.86. The molecule has 1 aliphatic rings. The summed E-state index contributed by atoms with van der Waals surface area (Å²) in [6.45, 7) is 2.02. The zero-order chi connectivity index (χ0) is 15.8. The van der Waals surface area contributed by atoms with Gasteiger partial charge in [-0.15, -0.1) is 0 Å². The summed E-state index contributed by atoms with van der Waals surface area (Å²) in [7, 11) is 0. The third kappa shape index (κ3) is 2.48. The molecule has 4 rings (SSSR count). The van der Waals surface area contributed by atoms with Crippen LogP contribution in [0.3, 0.4) is 0 Å². The molecule has 0 unspecified atom stereocenters. The summed E-state index contributed by atoms with van der Waals surface area (Å²) in [5.41, 5.74) is 3.74. The van der Waals surface area contributed by atoms with Gasteiger partial charge in [-0.05, 0) is 38.0 Å². The van der Waals surface area contributed by atoms with Crippen LogP contribution in [0.2, 0.25) is 0 Å². The van der Waals surface area contributed by atoms with E-state index in [1.54, 1.807) is 6.20 Å². The summed E-state index contributed by atoms with van der Waals surface area (Å²) in [4.78, 5) is 21.0. The molecule has 1 N–H and O–H groups in total. The number of fused-ring (bicyclic) bond motifs is 1. The minimum atomic E-state index is 0.127. The van der Waals surface area contributed by atoms with Crippen LogP contribution in [-0.2, 0) is 4.79 Å². The second-order valence-electron chi connectivity index (χ2n) is 6.03. The van der Waals surface area contributed by atoms with E-state index in [2.05, 4.69) is 15.3 Å². The number of carbonyl (C=O) groups is 1. The molecule has 1 aromatic carbocycles. The summed E-state index contributed by atoms with van der Waals surface area (Å²) in [5.74, 6) is 0.991. The molecule has 23 heavy (non-hydrogen) atoms. The van der Waals surface area contributed by atoms with Crippen molar-refractivity contribution in [2.24, 2.45) is 5.92 Å². The Bertz CT molecular complexity index is 880. The molecule has 3 aromatic rings. The van der Waals surface area contributed by atoms with Crippen LogP contribution in [0, 0.1) is 12.8 Å². The Kier molecular flexibility index (Phi) is 3.33. The van der Waals surface area contributed by atoms with Crippen LogP contribution in [-0.4, -0.2) is 20.3 Å². The van der Waals surface area contributed by atoms with Crippen molar-refractivity contribution in [3.05, 3.63) is 48.4 Å². The van der Waals surface area contributed by atoms with Crippen molar-refractivity contribution in [2.75, 3.05) is 5.32 Å². The van der Waals surface area contributed by atoms with E-state index in [0.717, 1.165) is 41.9 Å². The lowest BCUT2D eigenvalue weighted by Crippen LogP contribution is -2.27. The number of nitrogens with zero attached hydrogens (tertiary/aromatic N) is 3. The van der Waals surface area contributed by atoms with E-state index in [4.69, 9.17) is 0 Å². The molecule has 0 spiro atoms. The molecule has 0 radical (unpaired) electrons. The van der Waals surface area contributed by atoms with Gasteiger partial charge in [0.05, 0.1) is 5.69 Å². The number of imidazole rings is 1. The molecule has 2 heterocycles. The van der Waals surface area contributed by atoms with Crippen LogP contribution in [0.5, 0.6) is 0 Å². The molecule has 5 heteroatoms. The van der Waals surface area contributed by atoms with Crippen molar-refractivity contribution in [1.82, 2.24) is 14.4 Å². The monoisotopic (exact) mass is 306 g/mol. The van der Waals surface area contributed by atoms with Gasteiger partial charge in [-0.1, -0.05) is 18.6 Å². The molecule has 1 saturated carbocycles. The van der Waals surface area contributed by atoms with Gasteiger partial charge in [0, 0.05) is 35.3 Å². The van der Waals surface area contributed by atoms with Gasteiger partial charge in [0.25, 0.3) is 0 Å². The van der Waals surface area contributed by atoms with Gasteiger partial charge in [0.1, 0.15) is 0 Å². The van der Waals surface area contributed by atoms with Crippen molar-refractivity contribution in [2.45, 2.75) is 26.2 Å².